The third-order valence-electron chi connectivity index (χ3n) is 4.97. The summed E-state index contributed by atoms with van der Waals surface area (Å²) in [7, 11) is 0. The molecule has 3 nitrogen and oxygen atoms in total. The molecule has 0 spiro atoms. The highest BCUT2D eigenvalue weighted by atomic mass is 16.3. The summed E-state index contributed by atoms with van der Waals surface area (Å²) in [6, 6.07) is 25.2. The third-order valence-corrected chi connectivity index (χ3v) is 4.97. The fraction of sp³-hybridized carbons (Fsp3) is 0.174. The van der Waals surface area contributed by atoms with Crippen LogP contribution >= 0.6 is 0 Å². The standard InChI is InChI=1S/C23H21NO2/c25-22(16-8-2-1-3-9-16)23(26)20-12-6-7-13-21(20)24-19-14-17-10-4-5-11-18(17)15-19/h1-13,19,22,24-25H,14-15H2. The summed E-state index contributed by atoms with van der Waals surface area (Å²) < 4.78 is 0. The number of para-hydroxylation sites is 1. The average Bonchev–Trinajstić information content (AvgIpc) is 3.10. The molecule has 130 valence electrons. The van der Waals surface area contributed by atoms with Crippen LogP contribution in [0.5, 0.6) is 0 Å². The van der Waals surface area contributed by atoms with E-state index in [-0.39, 0.29) is 11.8 Å². The number of nitrogens with one attached hydrogen (secondary N) is 1. The molecule has 0 radical (unpaired) electrons. The van der Waals surface area contributed by atoms with Crippen molar-refractivity contribution in [3.05, 3.63) is 101 Å². The Hall–Kier alpha value is -2.91. The van der Waals surface area contributed by atoms with Gasteiger partial charge in [0.1, 0.15) is 6.10 Å². The van der Waals surface area contributed by atoms with E-state index in [1.807, 2.05) is 36.4 Å². The van der Waals surface area contributed by atoms with Gasteiger partial charge >= 0.3 is 0 Å². The van der Waals surface area contributed by atoms with Crippen molar-refractivity contribution in [1.82, 2.24) is 0 Å². The first kappa shape index (κ1) is 16.6. The van der Waals surface area contributed by atoms with E-state index >= 15 is 0 Å². The summed E-state index contributed by atoms with van der Waals surface area (Å²) in [4.78, 5) is 12.9. The number of carbonyl (C=O) groups excluding carboxylic acids is 1. The van der Waals surface area contributed by atoms with Crippen LogP contribution < -0.4 is 5.32 Å². The van der Waals surface area contributed by atoms with Gasteiger partial charge < -0.3 is 10.4 Å². The third kappa shape index (κ3) is 3.26. The predicted molar refractivity (Wildman–Crippen MR) is 103 cm³/mol. The number of Topliss-reactive ketones (excluding diaryl/α,β-unsaturated/α-hetero) is 1. The molecular weight excluding hydrogens is 322 g/mol. The molecule has 1 aliphatic carbocycles. The number of anilines is 1. The minimum absolute atomic E-state index is 0.259. The van der Waals surface area contributed by atoms with E-state index < -0.39 is 6.10 Å². The molecular formula is C23H21NO2. The zero-order valence-corrected chi connectivity index (χ0v) is 14.4. The van der Waals surface area contributed by atoms with Gasteiger partial charge in [-0.15, -0.1) is 0 Å². The molecule has 3 aromatic rings. The summed E-state index contributed by atoms with van der Waals surface area (Å²) in [6.07, 6.45) is 0.736. The van der Waals surface area contributed by atoms with Crippen molar-refractivity contribution < 1.29 is 9.90 Å². The zero-order valence-electron chi connectivity index (χ0n) is 14.4. The second-order valence-electron chi connectivity index (χ2n) is 6.74. The lowest BCUT2D eigenvalue weighted by molar-refractivity contribution is 0.0748. The van der Waals surface area contributed by atoms with E-state index in [0.717, 1.165) is 18.5 Å². The molecule has 26 heavy (non-hydrogen) atoms. The molecule has 3 aromatic carbocycles. The van der Waals surface area contributed by atoms with Gasteiger partial charge in [-0.05, 0) is 41.7 Å². The van der Waals surface area contributed by atoms with Gasteiger partial charge in [-0.2, -0.15) is 0 Å². The monoisotopic (exact) mass is 343 g/mol. The maximum absolute atomic E-state index is 12.9. The molecule has 0 saturated carbocycles. The molecule has 0 fully saturated rings. The molecule has 0 saturated heterocycles. The van der Waals surface area contributed by atoms with E-state index in [9.17, 15) is 9.90 Å². The number of carbonyl (C=O) groups is 1. The number of rotatable bonds is 5. The summed E-state index contributed by atoms with van der Waals surface area (Å²) in [5.74, 6) is -0.283. The summed E-state index contributed by atoms with van der Waals surface area (Å²) in [6.45, 7) is 0. The number of aliphatic hydroxyl groups excluding tert-OH is 1. The first-order valence-electron chi connectivity index (χ1n) is 8.92. The second kappa shape index (κ2) is 7.14. The topological polar surface area (TPSA) is 49.3 Å². The van der Waals surface area contributed by atoms with E-state index in [1.54, 1.807) is 18.2 Å². The van der Waals surface area contributed by atoms with Crippen molar-refractivity contribution in [1.29, 1.82) is 0 Å². The molecule has 1 aliphatic rings. The number of ketones is 1. The lowest BCUT2D eigenvalue weighted by Gasteiger charge is -2.18. The summed E-state index contributed by atoms with van der Waals surface area (Å²) in [5, 5.41) is 14.0. The van der Waals surface area contributed by atoms with Gasteiger partial charge in [0.25, 0.3) is 0 Å². The van der Waals surface area contributed by atoms with Crippen LogP contribution in [0.25, 0.3) is 0 Å². The van der Waals surface area contributed by atoms with Gasteiger partial charge in [0, 0.05) is 17.3 Å². The highest BCUT2D eigenvalue weighted by Crippen LogP contribution is 2.28. The van der Waals surface area contributed by atoms with E-state index in [4.69, 9.17) is 0 Å². The first-order chi connectivity index (χ1) is 12.7. The number of fused-ring (bicyclic) bond motifs is 1. The largest absolute Gasteiger partial charge is 0.381 e. The maximum atomic E-state index is 12.9. The first-order valence-corrected chi connectivity index (χ1v) is 8.92. The van der Waals surface area contributed by atoms with Gasteiger partial charge in [-0.25, -0.2) is 0 Å². The van der Waals surface area contributed by atoms with Crippen LogP contribution in [0, 0.1) is 0 Å². The smallest absolute Gasteiger partial charge is 0.197 e. The molecule has 3 heteroatoms. The quantitative estimate of drug-likeness (QED) is 0.683. The fourth-order valence-corrected chi connectivity index (χ4v) is 3.64. The lowest BCUT2D eigenvalue weighted by atomic mass is 9.98. The minimum Gasteiger partial charge on any atom is -0.381 e. The van der Waals surface area contributed by atoms with Gasteiger partial charge in [0.05, 0.1) is 0 Å². The zero-order chi connectivity index (χ0) is 17.9. The molecule has 0 aliphatic heterocycles. The van der Waals surface area contributed by atoms with Crippen LogP contribution in [0.1, 0.15) is 33.2 Å². The van der Waals surface area contributed by atoms with E-state index in [1.165, 1.54) is 11.1 Å². The Morgan fingerprint density at radius 2 is 1.42 bits per heavy atom. The normalized spacial score (nSPS) is 14.7. The van der Waals surface area contributed by atoms with Crippen molar-refractivity contribution in [3.63, 3.8) is 0 Å². The lowest BCUT2D eigenvalue weighted by Crippen LogP contribution is -2.22. The molecule has 0 amide bonds. The molecule has 2 N–H and O–H groups in total. The van der Waals surface area contributed by atoms with Crippen LogP contribution in [-0.2, 0) is 12.8 Å². The van der Waals surface area contributed by atoms with Crippen LogP contribution in [0.2, 0.25) is 0 Å². The van der Waals surface area contributed by atoms with Crippen molar-refractivity contribution in [2.24, 2.45) is 0 Å². The van der Waals surface area contributed by atoms with Gasteiger partial charge in [-0.3, -0.25) is 4.79 Å². The van der Waals surface area contributed by atoms with Gasteiger partial charge in [0.15, 0.2) is 5.78 Å². The van der Waals surface area contributed by atoms with Crippen molar-refractivity contribution in [3.8, 4) is 0 Å². The van der Waals surface area contributed by atoms with Crippen LogP contribution in [0.3, 0.4) is 0 Å². The highest BCUT2D eigenvalue weighted by Gasteiger charge is 2.25. The molecule has 0 bridgehead atoms. The Morgan fingerprint density at radius 3 is 2.12 bits per heavy atom. The van der Waals surface area contributed by atoms with Crippen molar-refractivity contribution in [2.45, 2.75) is 25.0 Å². The maximum Gasteiger partial charge on any atom is 0.197 e. The van der Waals surface area contributed by atoms with E-state index in [0.29, 0.717) is 11.1 Å². The van der Waals surface area contributed by atoms with Crippen molar-refractivity contribution >= 4 is 11.5 Å². The number of aliphatic hydroxyl groups is 1. The van der Waals surface area contributed by atoms with Crippen LogP contribution in [0.15, 0.2) is 78.9 Å². The summed E-state index contributed by atoms with van der Waals surface area (Å²) in [5.41, 5.74) is 4.64. The SMILES string of the molecule is O=C(c1ccccc1NC1Cc2ccccc2C1)C(O)c1ccccc1. The average molecular weight is 343 g/mol. The van der Waals surface area contributed by atoms with Gasteiger partial charge in [0.2, 0.25) is 0 Å². The summed E-state index contributed by atoms with van der Waals surface area (Å²) >= 11 is 0. The number of hydrogen-bond donors (Lipinski definition) is 2. The molecule has 0 heterocycles. The number of hydrogen-bond acceptors (Lipinski definition) is 3. The molecule has 1 unspecified atom stereocenters. The molecule has 1 atom stereocenters. The Morgan fingerprint density at radius 1 is 0.846 bits per heavy atom. The Labute approximate surface area is 153 Å². The van der Waals surface area contributed by atoms with Crippen LogP contribution in [0.4, 0.5) is 5.69 Å². The van der Waals surface area contributed by atoms with Crippen LogP contribution in [-0.4, -0.2) is 16.9 Å². The molecule has 4 rings (SSSR count). The Bertz CT molecular complexity index is 895. The van der Waals surface area contributed by atoms with Gasteiger partial charge in [-0.1, -0.05) is 66.7 Å². The highest BCUT2D eigenvalue weighted by molar-refractivity contribution is 6.04. The predicted octanol–water partition coefficient (Wildman–Crippen LogP) is 4.18. The van der Waals surface area contributed by atoms with E-state index in [2.05, 4.69) is 29.6 Å². The Balaban J connectivity index is 1.55. The number of benzene rings is 3. The fourth-order valence-electron chi connectivity index (χ4n) is 3.64. The van der Waals surface area contributed by atoms with Crippen molar-refractivity contribution in [2.75, 3.05) is 5.32 Å². The Kier molecular flexibility index (Phi) is 4.55. The second-order valence-corrected chi connectivity index (χ2v) is 6.74. The minimum atomic E-state index is -1.15. The molecule has 0 aromatic heterocycles.